The molecule has 2 aromatic heterocycles. The second-order valence-electron chi connectivity index (χ2n) is 6.25. The first-order valence-electron chi connectivity index (χ1n) is 8.20. The van der Waals surface area contributed by atoms with Gasteiger partial charge in [-0.1, -0.05) is 0 Å². The van der Waals surface area contributed by atoms with Gasteiger partial charge in [0.15, 0.2) is 12.2 Å². The molecule has 3 aromatic rings. The summed E-state index contributed by atoms with van der Waals surface area (Å²) < 4.78 is 7.04. The highest BCUT2D eigenvalue weighted by Gasteiger charge is 2.34. The van der Waals surface area contributed by atoms with E-state index in [9.17, 15) is 4.79 Å². The van der Waals surface area contributed by atoms with Crippen LogP contribution in [0.2, 0.25) is 0 Å². The SMILES string of the molecule is Cl.Cn1cc([C@H]2CNC[C@@H]2C(=O)Nc2ccc(-c3cnco3)cc2)cn1. The number of carbonyl (C=O) groups is 1. The van der Waals surface area contributed by atoms with Crippen LogP contribution in [0.4, 0.5) is 5.69 Å². The molecule has 0 aliphatic carbocycles. The van der Waals surface area contributed by atoms with Crippen molar-refractivity contribution >= 4 is 24.0 Å². The van der Waals surface area contributed by atoms with Crippen LogP contribution in [0.3, 0.4) is 0 Å². The predicted octanol–water partition coefficient (Wildman–Crippen LogP) is 2.44. The van der Waals surface area contributed by atoms with Crippen molar-refractivity contribution in [2.45, 2.75) is 5.92 Å². The predicted molar refractivity (Wildman–Crippen MR) is 100 cm³/mol. The minimum Gasteiger partial charge on any atom is -0.444 e. The van der Waals surface area contributed by atoms with E-state index in [-0.39, 0.29) is 30.2 Å². The van der Waals surface area contributed by atoms with Crippen molar-refractivity contribution in [1.29, 1.82) is 0 Å². The van der Waals surface area contributed by atoms with E-state index in [0.29, 0.717) is 12.3 Å². The molecule has 1 aliphatic heterocycles. The molecule has 26 heavy (non-hydrogen) atoms. The molecule has 2 N–H and O–H groups in total. The van der Waals surface area contributed by atoms with Crippen LogP contribution in [-0.2, 0) is 11.8 Å². The Balaban J connectivity index is 0.00000196. The van der Waals surface area contributed by atoms with Crippen molar-refractivity contribution in [1.82, 2.24) is 20.1 Å². The molecule has 1 saturated heterocycles. The second-order valence-corrected chi connectivity index (χ2v) is 6.25. The number of carbonyl (C=O) groups excluding carboxylic acids is 1. The van der Waals surface area contributed by atoms with Gasteiger partial charge in [-0.3, -0.25) is 9.48 Å². The lowest BCUT2D eigenvalue weighted by molar-refractivity contribution is -0.119. The number of nitrogens with zero attached hydrogens (tertiary/aromatic N) is 3. The summed E-state index contributed by atoms with van der Waals surface area (Å²) in [5, 5.41) is 10.5. The third-order valence-electron chi connectivity index (χ3n) is 4.57. The summed E-state index contributed by atoms with van der Waals surface area (Å²) in [5.74, 6) is 0.751. The monoisotopic (exact) mass is 373 g/mol. The van der Waals surface area contributed by atoms with Gasteiger partial charge in [-0.25, -0.2) is 4.98 Å². The van der Waals surface area contributed by atoms with Crippen LogP contribution < -0.4 is 10.6 Å². The average molecular weight is 374 g/mol. The first-order chi connectivity index (χ1) is 12.2. The van der Waals surface area contributed by atoms with Gasteiger partial charge in [0, 0.05) is 43.5 Å². The molecule has 1 aliphatic rings. The van der Waals surface area contributed by atoms with Crippen molar-refractivity contribution in [3.63, 3.8) is 0 Å². The lowest BCUT2D eigenvalue weighted by Crippen LogP contribution is -2.28. The molecule has 4 rings (SSSR count). The maximum absolute atomic E-state index is 12.7. The quantitative estimate of drug-likeness (QED) is 0.733. The van der Waals surface area contributed by atoms with Crippen LogP contribution in [0.5, 0.6) is 0 Å². The molecule has 136 valence electrons. The second kappa shape index (κ2) is 7.72. The molecule has 0 unspecified atom stereocenters. The van der Waals surface area contributed by atoms with E-state index in [0.717, 1.165) is 23.4 Å². The van der Waals surface area contributed by atoms with Gasteiger partial charge >= 0.3 is 0 Å². The Morgan fingerprint density at radius 1 is 1.27 bits per heavy atom. The summed E-state index contributed by atoms with van der Waals surface area (Å²) in [4.78, 5) is 16.6. The molecule has 3 heterocycles. The zero-order chi connectivity index (χ0) is 17.2. The molecule has 1 fully saturated rings. The number of rotatable bonds is 4. The number of oxazole rings is 1. The number of halogens is 1. The Morgan fingerprint density at radius 3 is 2.73 bits per heavy atom. The highest BCUT2D eigenvalue weighted by molar-refractivity contribution is 5.93. The highest BCUT2D eigenvalue weighted by atomic mass is 35.5. The number of aryl methyl sites for hydroxylation is 1. The van der Waals surface area contributed by atoms with Crippen LogP contribution in [0.25, 0.3) is 11.3 Å². The van der Waals surface area contributed by atoms with E-state index < -0.39 is 0 Å². The van der Waals surface area contributed by atoms with Gasteiger partial charge in [-0.2, -0.15) is 5.10 Å². The minimum absolute atomic E-state index is 0. The molecule has 2 atom stereocenters. The zero-order valence-electron chi connectivity index (χ0n) is 14.3. The normalized spacial score (nSPS) is 19.1. The summed E-state index contributed by atoms with van der Waals surface area (Å²) in [6, 6.07) is 7.55. The Morgan fingerprint density at radius 2 is 2.08 bits per heavy atom. The van der Waals surface area contributed by atoms with E-state index in [1.807, 2.05) is 43.7 Å². The van der Waals surface area contributed by atoms with Gasteiger partial charge in [0.25, 0.3) is 0 Å². The molecular weight excluding hydrogens is 354 g/mol. The van der Waals surface area contributed by atoms with E-state index in [1.54, 1.807) is 10.9 Å². The Hall–Kier alpha value is -2.64. The summed E-state index contributed by atoms with van der Waals surface area (Å²) >= 11 is 0. The van der Waals surface area contributed by atoms with Crippen molar-refractivity contribution < 1.29 is 9.21 Å². The van der Waals surface area contributed by atoms with Gasteiger partial charge in [-0.15, -0.1) is 12.4 Å². The topological polar surface area (TPSA) is 85.0 Å². The minimum atomic E-state index is -0.113. The van der Waals surface area contributed by atoms with Crippen LogP contribution in [0.1, 0.15) is 11.5 Å². The summed E-state index contributed by atoms with van der Waals surface area (Å²) in [5.41, 5.74) is 2.78. The first-order valence-corrected chi connectivity index (χ1v) is 8.20. The molecule has 0 spiro atoms. The number of hydrogen-bond acceptors (Lipinski definition) is 5. The molecular formula is C18H20ClN5O2. The fourth-order valence-electron chi connectivity index (χ4n) is 3.25. The third kappa shape index (κ3) is 3.63. The van der Waals surface area contributed by atoms with Crippen LogP contribution in [0.15, 0.2) is 53.7 Å². The van der Waals surface area contributed by atoms with Gasteiger partial charge in [0.2, 0.25) is 5.91 Å². The van der Waals surface area contributed by atoms with Gasteiger partial charge in [0.1, 0.15) is 0 Å². The summed E-state index contributed by atoms with van der Waals surface area (Å²) in [6.07, 6.45) is 6.88. The number of anilines is 1. The molecule has 1 aromatic carbocycles. The average Bonchev–Trinajstić information content (AvgIpc) is 3.36. The standard InChI is InChI=1S/C18H19N5O2.ClH/c1-23-10-13(6-21-23)15-7-19-8-16(15)18(24)22-14-4-2-12(3-5-14)17-9-20-11-25-17;/h2-6,9-11,15-16,19H,7-8H2,1H3,(H,22,24);1H/t15-,16+;/m1./s1. The third-order valence-corrected chi connectivity index (χ3v) is 4.57. The molecule has 8 heteroatoms. The summed E-state index contributed by atoms with van der Waals surface area (Å²) in [6.45, 7) is 1.45. The van der Waals surface area contributed by atoms with Gasteiger partial charge in [0.05, 0.1) is 18.3 Å². The lowest BCUT2D eigenvalue weighted by atomic mass is 9.90. The van der Waals surface area contributed by atoms with Gasteiger partial charge < -0.3 is 15.1 Å². The number of hydrogen-bond donors (Lipinski definition) is 2. The van der Waals surface area contributed by atoms with E-state index >= 15 is 0 Å². The van der Waals surface area contributed by atoms with Gasteiger partial charge in [-0.05, 0) is 29.8 Å². The molecule has 0 saturated carbocycles. The number of aromatic nitrogens is 3. The number of benzene rings is 1. The maximum atomic E-state index is 12.7. The maximum Gasteiger partial charge on any atom is 0.229 e. The largest absolute Gasteiger partial charge is 0.444 e. The van der Waals surface area contributed by atoms with Crippen molar-refractivity contribution in [2.24, 2.45) is 13.0 Å². The summed E-state index contributed by atoms with van der Waals surface area (Å²) in [7, 11) is 1.89. The molecule has 0 bridgehead atoms. The molecule has 7 nitrogen and oxygen atoms in total. The van der Waals surface area contributed by atoms with Crippen molar-refractivity contribution in [3.05, 3.63) is 54.8 Å². The smallest absolute Gasteiger partial charge is 0.229 e. The fourth-order valence-corrected chi connectivity index (χ4v) is 3.25. The van der Waals surface area contributed by atoms with E-state index in [2.05, 4.69) is 20.7 Å². The van der Waals surface area contributed by atoms with Crippen LogP contribution >= 0.6 is 12.4 Å². The number of amides is 1. The van der Waals surface area contributed by atoms with E-state index in [4.69, 9.17) is 4.42 Å². The number of nitrogens with one attached hydrogen (secondary N) is 2. The van der Waals surface area contributed by atoms with E-state index in [1.165, 1.54) is 6.39 Å². The van der Waals surface area contributed by atoms with Crippen molar-refractivity contribution in [3.8, 4) is 11.3 Å². The van der Waals surface area contributed by atoms with Crippen LogP contribution in [-0.4, -0.2) is 33.8 Å². The lowest BCUT2D eigenvalue weighted by Gasteiger charge is -2.17. The fraction of sp³-hybridized carbons (Fsp3) is 0.278. The Labute approximate surface area is 157 Å². The Kier molecular flexibility index (Phi) is 5.39. The molecule has 0 radical (unpaired) electrons. The van der Waals surface area contributed by atoms with Crippen molar-refractivity contribution in [2.75, 3.05) is 18.4 Å². The van der Waals surface area contributed by atoms with Crippen LogP contribution in [0, 0.1) is 5.92 Å². The Bertz CT molecular complexity index is 860. The highest BCUT2D eigenvalue weighted by Crippen LogP contribution is 2.29. The zero-order valence-corrected chi connectivity index (χ0v) is 15.1. The first kappa shape index (κ1) is 18.2. The molecule has 1 amide bonds.